The molecule has 2 N–H and O–H groups in total. The standard InChI is InChI=1S/C23H28ClN3O4S/c1-17-6-2-3-7-18(17)16-26-23(29)22(28)25-14-13-20-8-4-5-15-27(20)32(30,31)21-11-9-19(24)10-12-21/h2-3,6-7,9-12,20H,4-5,8,13-16H2,1H3,(H,25,28)(H,26,29). The number of piperidine rings is 1. The molecule has 1 saturated heterocycles. The smallest absolute Gasteiger partial charge is 0.309 e. The topological polar surface area (TPSA) is 95.6 Å². The number of carbonyl (C=O) groups excluding carboxylic acids is 2. The molecule has 1 unspecified atom stereocenters. The highest BCUT2D eigenvalue weighted by Gasteiger charge is 2.33. The van der Waals surface area contributed by atoms with Crippen LogP contribution in [-0.4, -0.2) is 43.7 Å². The van der Waals surface area contributed by atoms with Crippen LogP contribution in [0, 0.1) is 6.92 Å². The van der Waals surface area contributed by atoms with Crippen LogP contribution in [0.5, 0.6) is 0 Å². The van der Waals surface area contributed by atoms with Gasteiger partial charge in [0.05, 0.1) is 4.90 Å². The number of nitrogens with zero attached hydrogens (tertiary/aromatic N) is 1. The van der Waals surface area contributed by atoms with Gasteiger partial charge in [-0.3, -0.25) is 9.59 Å². The van der Waals surface area contributed by atoms with E-state index in [1.165, 1.54) is 16.4 Å². The first-order chi connectivity index (χ1) is 15.3. The maximum Gasteiger partial charge on any atom is 0.309 e. The fourth-order valence-electron chi connectivity index (χ4n) is 3.82. The van der Waals surface area contributed by atoms with Crippen molar-refractivity contribution in [1.82, 2.24) is 14.9 Å². The van der Waals surface area contributed by atoms with Crippen LogP contribution in [0.3, 0.4) is 0 Å². The van der Waals surface area contributed by atoms with E-state index in [2.05, 4.69) is 10.6 Å². The molecule has 0 spiro atoms. The van der Waals surface area contributed by atoms with Crippen LogP contribution in [0.25, 0.3) is 0 Å². The molecule has 1 atom stereocenters. The van der Waals surface area contributed by atoms with Gasteiger partial charge in [-0.2, -0.15) is 4.31 Å². The second-order valence-corrected chi connectivity index (χ2v) is 10.2. The van der Waals surface area contributed by atoms with Crippen LogP contribution in [0.15, 0.2) is 53.4 Å². The van der Waals surface area contributed by atoms with E-state index in [4.69, 9.17) is 11.6 Å². The molecule has 3 rings (SSSR count). The Labute approximate surface area is 194 Å². The fourth-order valence-corrected chi connectivity index (χ4v) is 5.67. The summed E-state index contributed by atoms with van der Waals surface area (Å²) in [6.07, 6.45) is 2.85. The summed E-state index contributed by atoms with van der Waals surface area (Å²) in [7, 11) is -3.66. The quantitative estimate of drug-likeness (QED) is 0.599. The van der Waals surface area contributed by atoms with Crippen LogP contribution in [-0.2, 0) is 26.2 Å². The van der Waals surface area contributed by atoms with E-state index < -0.39 is 21.8 Å². The minimum Gasteiger partial charge on any atom is -0.348 e. The number of aryl methyl sites for hydroxylation is 1. The molecule has 1 aliphatic rings. The SMILES string of the molecule is Cc1ccccc1CNC(=O)C(=O)NCCC1CCCCN1S(=O)(=O)c1ccc(Cl)cc1. The fraction of sp³-hybridized carbons (Fsp3) is 0.391. The van der Waals surface area contributed by atoms with Gasteiger partial charge in [0, 0.05) is 30.7 Å². The number of rotatable bonds is 7. The van der Waals surface area contributed by atoms with E-state index in [-0.39, 0.29) is 24.0 Å². The predicted molar refractivity (Wildman–Crippen MR) is 124 cm³/mol. The average Bonchev–Trinajstić information content (AvgIpc) is 2.79. The predicted octanol–water partition coefficient (Wildman–Crippen LogP) is 3.01. The van der Waals surface area contributed by atoms with Crippen molar-refractivity contribution in [2.75, 3.05) is 13.1 Å². The lowest BCUT2D eigenvalue weighted by molar-refractivity contribution is -0.139. The van der Waals surface area contributed by atoms with Gasteiger partial charge >= 0.3 is 11.8 Å². The number of hydrogen-bond acceptors (Lipinski definition) is 4. The Morgan fingerprint density at radius 3 is 2.44 bits per heavy atom. The number of benzene rings is 2. The molecule has 1 fully saturated rings. The lowest BCUT2D eigenvalue weighted by atomic mass is 10.0. The van der Waals surface area contributed by atoms with E-state index in [0.29, 0.717) is 24.4 Å². The van der Waals surface area contributed by atoms with Crippen LogP contribution < -0.4 is 10.6 Å². The second-order valence-electron chi connectivity index (χ2n) is 7.87. The third kappa shape index (κ3) is 6.09. The molecule has 32 heavy (non-hydrogen) atoms. The average molecular weight is 478 g/mol. The van der Waals surface area contributed by atoms with Crippen LogP contribution in [0.2, 0.25) is 5.02 Å². The minimum atomic E-state index is -3.66. The van der Waals surface area contributed by atoms with Gasteiger partial charge in [0.1, 0.15) is 0 Å². The van der Waals surface area contributed by atoms with Crippen LogP contribution in [0.4, 0.5) is 0 Å². The molecule has 2 aromatic rings. The molecule has 0 radical (unpaired) electrons. The molecule has 0 bridgehead atoms. The Hall–Kier alpha value is -2.42. The summed E-state index contributed by atoms with van der Waals surface area (Å²) in [6.45, 7) is 2.86. The summed E-state index contributed by atoms with van der Waals surface area (Å²) in [5, 5.41) is 5.70. The molecule has 1 aliphatic heterocycles. The number of sulfonamides is 1. The number of nitrogens with one attached hydrogen (secondary N) is 2. The first-order valence-electron chi connectivity index (χ1n) is 10.7. The van der Waals surface area contributed by atoms with Gasteiger partial charge < -0.3 is 10.6 Å². The van der Waals surface area contributed by atoms with E-state index >= 15 is 0 Å². The lowest BCUT2D eigenvalue weighted by Crippen LogP contribution is -2.46. The number of amides is 2. The lowest BCUT2D eigenvalue weighted by Gasteiger charge is -2.34. The zero-order chi connectivity index (χ0) is 23.1. The van der Waals surface area contributed by atoms with Crippen molar-refractivity contribution in [1.29, 1.82) is 0 Å². The molecule has 0 saturated carbocycles. The largest absolute Gasteiger partial charge is 0.348 e. The highest BCUT2D eigenvalue weighted by atomic mass is 35.5. The molecule has 7 nitrogen and oxygen atoms in total. The Bertz CT molecular complexity index is 1060. The first-order valence-corrected chi connectivity index (χ1v) is 12.5. The molecule has 0 aliphatic carbocycles. The molecule has 2 aromatic carbocycles. The van der Waals surface area contributed by atoms with Gasteiger partial charge in [-0.25, -0.2) is 8.42 Å². The van der Waals surface area contributed by atoms with Crippen molar-refractivity contribution in [3.05, 3.63) is 64.7 Å². The van der Waals surface area contributed by atoms with Gasteiger partial charge in [0.2, 0.25) is 10.0 Å². The molecule has 1 heterocycles. The first kappa shape index (κ1) is 24.2. The molecule has 9 heteroatoms. The summed E-state index contributed by atoms with van der Waals surface area (Å²) in [4.78, 5) is 24.5. The van der Waals surface area contributed by atoms with E-state index in [0.717, 1.165) is 24.0 Å². The van der Waals surface area contributed by atoms with Gasteiger partial charge in [0.25, 0.3) is 0 Å². The van der Waals surface area contributed by atoms with Crippen LogP contribution >= 0.6 is 11.6 Å². The number of hydrogen-bond donors (Lipinski definition) is 2. The van der Waals surface area contributed by atoms with Gasteiger partial charge in [-0.05, 0) is 61.6 Å². The third-order valence-corrected chi connectivity index (χ3v) is 7.88. The third-order valence-electron chi connectivity index (χ3n) is 5.66. The summed E-state index contributed by atoms with van der Waals surface area (Å²) >= 11 is 5.88. The maximum absolute atomic E-state index is 13.1. The molecule has 172 valence electrons. The van der Waals surface area contributed by atoms with Crippen molar-refractivity contribution in [2.45, 2.75) is 50.1 Å². The van der Waals surface area contributed by atoms with Crippen molar-refractivity contribution in [3.63, 3.8) is 0 Å². The Balaban J connectivity index is 1.53. The maximum atomic E-state index is 13.1. The van der Waals surface area contributed by atoms with E-state index in [1.54, 1.807) is 12.1 Å². The second kappa shape index (κ2) is 10.9. The number of carbonyl (C=O) groups is 2. The van der Waals surface area contributed by atoms with Crippen molar-refractivity contribution in [3.8, 4) is 0 Å². The van der Waals surface area contributed by atoms with Crippen molar-refractivity contribution >= 4 is 33.4 Å². The van der Waals surface area contributed by atoms with Crippen LogP contribution in [0.1, 0.15) is 36.8 Å². The monoisotopic (exact) mass is 477 g/mol. The summed E-state index contributed by atoms with van der Waals surface area (Å²) in [5.41, 5.74) is 1.98. The minimum absolute atomic E-state index is 0.202. The Morgan fingerprint density at radius 2 is 1.72 bits per heavy atom. The molecular formula is C23H28ClN3O4S. The highest BCUT2D eigenvalue weighted by molar-refractivity contribution is 7.89. The Kier molecular flexibility index (Phi) is 8.28. The molecule has 0 aromatic heterocycles. The van der Waals surface area contributed by atoms with Crippen molar-refractivity contribution < 1.29 is 18.0 Å². The molecular weight excluding hydrogens is 450 g/mol. The summed E-state index contributed by atoms with van der Waals surface area (Å²) < 4.78 is 27.7. The van der Waals surface area contributed by atoms with Gasteiger partial charge in [-0.15, -0.1) is 0 Å². The highest BCUT2D eigenvalue weighted by Crippen LogP contribution is 2.27. The van der Waals surface area contributed by atoms with E-state index in [9.17, 15) is 18.0 Å². The molecule has 2 amide bonds. The summed E-state index contributed by atoms with van der Waals surface area (Å²) in [6, 6.07) is 13.5. The van der Waals surface area contributed by atoms with E-state index in [1.807, 2.05) is 31.2 Å². The zero-order valence-corrected chi connectivity index (χ0v) is 19.6. The zero-order valence-electron chi connectivity index (χ0n) is 18.0. The van der Waals surface area contributed by atoms with Crippen molar-refractivity contribution in [2.24, 2.45) is 0 Å². The van der Waals surface area contributed by atoms with Gasteiger partial charge in [0.15, 0.2) is 0 Å². The number of halogens is 1. The van der Waals surface area contributed by atoms with Gasteiger partial charge in [-0.1, -0.05) is 42.3 Å². The summed E-state index contributed by atoms with van der Waals surface area (Å²) in [5.74, 6) is -1.43. The Morgan fingerprint density at radius 1 is 1.03 bits per heavy atom. The normalized spacial score (nSPS) is 17.0.